The molecule has 0 spiro atoms. The van der Waals surface area contributed by atoms with Crippen molar-refractivity contribution in [2.24, 2.45) is 11.7 Å². The van der Waals surface area contributed by atoms with Gasteiger partial charge in [-0.25, -0.2) is 0 Å². The Bertz CT molecular complexity index is 463. The lowest BCUT2D eigenvalue weighted by Crippen LogP contribution is -2.46. The maximum Gasteiger partial charge on any atom is 0.230 e. The predicted octanol–water partition coefficient (Wildman–Crippen LogP) is 1.95. The molecule has 1 aromatic rings. The summed E-state index contributed by atoms with van der Waals surface area (Å²) in [6, 6.07) is 8.28. The Kier molecular flexibility index (Phi) is 4.48. The summed E-state index contributed by atoms with van der Waals surface area (Å²) in [4.78, 5) is 14.5. The van der Waals surface area contributed by atoms with Crippen LogP contribution in [0.25, 0.3) is 0 Å². The van der Waals surface area contributed by atoms with Gasteiger partial charge >= 0.3 is 0 Å². The Morgan fingerprint density at radius 3 is 2.89 bits per heavy atom. The highest BCUT2D eigenvalue weighted by Gasteiger charge is 2.35. The molecule has 0 bridgehead atoms. The van der Waals surface area contributed by atoms with Crippen LogP contribution in [0.3, 0.4) is 0 Å². The van der Waals surface area contributed by atoms with Crippen LogP contribution in [0.1, 0.15) is 29.9 Å². The number of amides is 1. The SMILES string of the molecule is Cl.NCC1CCCN(C(=O)C2Cc3ccccc32)C1. The summed E-state index contributed by atoms with van der Waals surface area (Å²) in [6.45, 7) is 2.47. The number of carbonyl (C=O) groups excluding carboxylic acids is 1. The lowest BCUT2D eigenvalue weighted by molar-refractivity contribution is -0.135. The number of hydrogen-bond donors (Lipinski definition) is 1. The van der Waals surface area contributed by atoms with Gasteiger partial charge in [0.05, 0.1) is 5.92 Å². The number of halogens is 1. The Balaban J connectivity index is 0.00000133. The fraction of sp³-hybridized carbons (Fsp3) is 0.533. The number of rotatable bonds is 2. The molecule has 1 aliphatic heterocycles. The standard InChI is InChI=1S/C15H20N2O.ClH/c16-9-11-4-3-7-17(10-11)15(18)14-8-12-5-1-2-6-13(12)14;/h1-2,5-6,11,14H,3-4,7-10,16H2;1H. The third kappa shape index (κ3) is 2.63. The first-order chi connectivity index (χ1) is 8.79. The molecule has 1 fully saturated rings. The van der Waals surface area contributed by atoms with Crippen molar-refractivity contribution < 1.29 is 4.79 Å². The fourth-order valence-corrected chi connectivity index (χ4v) is 3.16. The van der Waals surface area contributed by atoms with Crippen molar-refractivity contribution in [2.75, 3.05) is 19.6 Å². The highest BCUT2D eigenvalue weighted by molar-refractivity contribution is 5.87. The second-order valence-corrected chi connectivity index (χ2v) is 5.48. The monoisotopic (exact) mass is 280 g/mol. The summed E-state index contributed by atoms with van der Waals surface area (Å²) >= 11 is 0. The van der Waals surface area contributed by atoms with Crippen LogP contribution in [-0.4, -0.2) is 30.4 Å². The lowest BCUT2D eigenvalue weighted by atomic mass is 9.76. The van der Waals surface area contributed by atoms with Gasteiger partial charge in [0, 0.05) is 13.1 Å². The number of nitrogens with zero attached hydrogens (tertiary/aromatic N) is 1. The molecule has 0 aromatic heterocycles. The van der Waals surface area contributed by atoms with Crippen molar-refractivity contribution in [1.82, 2.24) is 4.90 Å². The van der Waals surface area contributed by atoms with Crippen LogP contribution in [0.5, 0.6) is 0 Å². The van der Waals surface area contributed by atoms with Crippen LogP contribution in [0.15, 0.2) is 24.3 Å². The van der Waals surface area contributed by atoms with E-state index in [0.717, 1.165) is 25.9 Å². The van der Waals surface area contributed by atoms with Gasteiger partial charge in [-0.15, -0.1) is 12.4 Å². The normalized spacial score (nSPS) is 25.0. The number of benzene rings is 1. The van der Waals surface area contributed by atoms with E-state index in [0.29, 0.717) is 18.4 Å². The van der Waals surface area contributed by atoms with E-state index in [4.69, 9.17) is 5.73 Å². The minimum atomic E-state index is 0. The maximum absolute atomic E-state index is 12.5. The molecule has 1 heterocycles. The largest absolute Gasteiger partial charge is 0.342 e. The average Bonchev–Trinajstić information content (AvgIpc) is 2.40. The third-order valence-corrected chi connectivity index (χ3v) is 4.32. The summed E-state index contributed by atoms with van der Waals surface area (Å²) in [5.41, 5.74) is 8.30. The van der Waals surface area contributed by atoms with Crippen molar-refractivity contribution in [3.8, 4) is 0 Å². The molecule has 1 saturated heterocycles. The van der Waals surface area contributed by atoms with Crippen molar-refractivity contribution in [1.29, 1.82) is 0 Å². The first-order valence-electron chi connectivity index (χ1n) is 6.86. The van der Waals surface area contributed by atoms with Crippen LogP contribution in [0, 0.1) is 5.92 Å². The van der Waals surface area contributed by atoms with E-state index in [2.05, 4.69) is 12.1 Å². The van der Waals surface area contributed by atoms with Crippen molar-refractivity contribution >= 4 is 18.3 Å². The maximum atomic E-state index is 12.5. The number of carbonyl (C=O) groups is 1. The second kappa shape index (κ2) is 5.93. The number of fused-ring (bicyclic) bond motifs is 1. The summed E-state index contributed by atoms with van der Waals surface area (Å²) < 4.78 is 0. The fourth-order valence-electron chi connectivity index (χ4n) is 3.16. The first-order valence-corrected chi connectivity index (χ1v) is 6.86. The molecular formula is C15H21ClN2O. The van der Waals surface area contributed by atoms with Gasteiger partial charge in [0.15, 0.2) is 0 Å². The van der Waals surface area contributed by atoms with Gasteiger partial charge in [0.1, 0.15) is 0 Å². The Labute approximate surface area is 120 Å². The zero-order valence-electron chi connectivity index (χ0n) is 11.0. The summed E-state index contributed by atoms with van der Waals surface area (Å²) in [5, 5.41) is 0. The van der Waals surface area contributed by atoms with Gasteiger partial charge in [-0.05, 0) is 42.9 Å². The zero-order valence-corrected chi connectivity index (χ0v) is 11.9. The Morgan fingerprint density at radius 1 is 1.37 bits per heavy atom. The lowest BCUT2D eigenvalue weighted by Gasteiger charge is -2.38. The molecule has 1 aliphatic carbocycles. The molecular weight excluding hydrogens is 260 g/mol. The van der Waals surface area contributed by atoms with Gasteiger partial charge in [-0.3, -0.25) is 4.79 Å². The molecule has 2 atom stereocenters. The van der Waals surface area contributed by atoms with E-state index >= 15 is 0 Å². The minimum absolute atomic E-state index is 0. The zero-order chi connectivity index (χ0) is 12.5. The molecule has 3 rings (SSSR count). The molecule has 104 valence electrons. The molecule has 0 radical (unpaired) electrons. The molecule has 2 N–H and O–H groups in total. The topological polar surface area (TPSA) is 46.3 Å². The third-order valence-electron chi connectivity index (χ3n) is 4.32. The molecule has 0 saturated carbocycles. The number of hydrogen-bond acceptors (Lipinski definition) is 2. The van der Waals surface area contributed by atoms with E-state index in [1.807, 2.05) is 17.0 Å². The Hall–Kier alpha value is -1.06. The second-order valence-electron chi connectivity index (χ2n) is 5.48. The minimum Gasteiger partial charge on any atom is -0.342 e. The van der Waals surface area contributed by atoms with Gasteiger partial charge < -0.3 is 10.6 Å². The molecule has 19 heavy (non-hydrogen) atoms. The van der Waals surface area contributed by atoms with Gasteiger partial charge in [-0.2, -0.15) is 0 Å². The molecule has 4 heteroatoms. The number of piperidine rings is 1. The van der Waals surface area contributed by atoms with Gasteiger partial charge in [0.25, 0.3) is 0 Å². The summed E-state index contributed by atoms with van der Waals surface area (Å²) in [6.07, 6.45) is 3.18. The average molecular weight is 281 g/mol. The quantitative estimate of drug-likeness (QED) is 0.900. The van der Waals surface area contributed by atoms with Crippen molar-refractivity contribution in [2.45, 2.75) is 25.2 Å². The number of likely N-dealkylation sites (tertiary alicyclic amines) is 1. The highest BCUT2D eigenvalue weighted by Crippen LogP contribution is 2.36. The van der Waals surface area contributed by atoms with Crippen molar-refractivity contribution in [3.05, 3.63) is 35.4 Å². The smallest absolute Gasteiger partial charge is 0.230 e. The van der Waals surface area contributed by atoms with E-state index in [-0.39, 0.29) is 18.3 Å². The van der Waals surface area contributed by atoms with Gasteiger partial charge in [-0.1, -0.05) is 24.3 Å². The van der Waals surface area contributed by atoms with E-state index in [1.54, 1.807) is 0 Å². The van der Waals surface area contributed by atoms with Crippen LogP contribution >= 0.6 is 12.4 Å². The first kappa shape index (κ1) is 14.4. The predicted molar refractivity (Wildman–Crippen MR) is 78.5 cm³/mol. The molecule has 2 unspecified atom stereocenters. The highest BCUT2D eigenvalue weighted by atomic mass is 35.5. The molecule has 1 amide bonds. The van der Waals surface area contributed by atoms with E-state index in [1.165, 1.54) is 17.5 Å². The van der Waals surface area contributed by atoms with Crippen molar-refractivity contribution in [3.63, 3.8) is 0 Å². The molecule has 1 aromatic carbocycles. The van der Waals surface area contributed by atoms with E-state index < -0.39 is 0 Å². The van der Waals surface area contributed by atoms with E-state index in [9.17, 15) is 4.79 Å². The summed E-state index contributed by atoms with van der Waals surface area (Å²) in [7, 11) is 0. The summed E-state index contributed by atoms with van der Waals surface area (Å²) in [5.74, 6) is 0.919. The number of nitrogens with two attached hydrogens (primary N) is 1. The molecule has 2 aliphatic rings. The van der Waals surface area contributed by atoms with Crippen LogP contribution in [-0.2, 0) is 11.2 Å². The molecule has 3 nitrogen and oxygen atoms in total. The van der Waals surface area contributed by atoms with Gasteiger partial charge in [0.2, 0.25) is 5.91 Å². The van der Waals surface area contributed by atoms with Crippen LogP contribution in [0.4, 0.5) is 0 Å². The Morgan fingerprint density at radius 2 is 2.16 bits per heavy atom. The van der Waals surface area contributed by atoms with Crippen LogP contribution < -0.4 is 5.73 Å². The van der Waals surface area contributed by atoms with Crippen LogP contribution in [0.2, 0.25) is 0 Å².